The Hall–Kier alpha value is -1.69. The number of urea groups is 1. The predicted molar refractivity (Wildman–Crippen MR) is 81.2 cm³/mol. The summed E-state index contributed by atoms with van der Waals surface area (Å²) in [6.07, 6.45) is 3.57. The highest BCUT2D eigenvalue weighted by atomic mass is 16.2. The van der Waals surface area contributed by atoms with E-state index in [0.29, 0.717) is 17.7 Å². The zero-order chi connectivity index (χ0) is 14.7. The van der Waals surface area contributed by atoms with E-state index in [1.54, 1.807) is 0 Å². The van der Waals surface area contributed by atoms with Gasteiger partial charge in [-0.05, 0) is 50.4 Å². The van der Waals surface area contributed by atoms with Crippen molar-refractivity contribution in [3.63, 3.8) is 0 Å². The molecule has 2 N–H and O–H groups in total. The summed E-state index contributed by atoms with van der Waals surface area (Å²) in [5.74, 6) is 1.65. The Kier molecular flexibility index (Phi) is 4.34. The van der Waals surface area contributed by atoms with E-state index in [-0.39, 0.29) is 6.03 Å². The molecule has 2 aliphatic rings. The van der Waals surface area contributed by atoms with Crippen molar-refractivity contribution in [2.75, 3.05) is 31.5 Å². The number of amides is 2. The Balaban J connectivity index is 1.41. The van der Waals surface area contributed by atoms with E-state index in [0.717, 1.165) is 38.3 Å². The number of carbonyl (C=O) groups excluding carboxylic acids is 1. The summed E-state index contributed by atoms with van der Waals surface area (Å²) in [6, 6.07) is 3.59. The van der Waals surface area contributed by atoms with Crippen LogP contribution in [0, 0.1) is 5.92 Å². The van der Waals surface area contributed by atoms with Gasteiger partial charge in [-0.3, -0.25) is 5.32 Å². The molecule has 114 valence electrons. The maximum atomic E-state index is 11.8. The van der Waals surface area contributed by atoms with E-state index in [1.165, 1.54) is 12.8 Å². The van der Waals surface area contributed by atoms with Crippen molar-refractivity contribution in [2.24, 2.45) is 5.92 Å². The van der Waals surface area contributed by atoms with E-state index < -0.39 is 0 Å². The fraction of sp³-hybridized carbons (Fsp3) is 0.667. The van der Waals surface area contributed by atoms with Gasteiger partial charge in [0, 0.05) is 19.0 Å². The molecule has 1 saturated heterocycles. The normalized spacial score (nSPS) is 22.2. The molecule has 6 nitrogen and oxygen atoms in total. The summed E-state index contributed by atoms with van der Waals surface area (Å²) in [4.78, 5) is 14.3. The smallest absolute Gasteiger partial charge is 0.320 e. The van der Waals surface area contributed by atoms with Gasteiger partial charge in [-0.15, -0.1) is 5.10 Å². The van der Waals surface area contributed by atoms with Crippen LogP contribution in [0.5, 0.6) is 0 Å². The summed E-state index contributed by atoms with van der Waals surface area (Å²) in [5, 5.41) is 13.9. The largest absolute Gasteiger partial charge is 0.338 e. The number of carbonyl (C=O) groups is 1. The molecule has 0 aromatic carbocycles. The lowest BCUT2D eigenvalue weighted by atomic mass is 10.1. The third-order valence-corrected chi connectivity index (χ3v) is 4.29. The van der Waals surface area contributed by atoms with Crippen molar-refractivity contribution in [2.45, 2.75) is 32.1 Å². The first-order valence-electron chi connectivity index (χ1n) is 7.85. The molecular weight excluding hydrogens is 266 g/mol. The van der Waals surface area contributed by atoms with Crippen molar-refractivity contribution < 1.29 is 4.79 Å². The molecule has 2 fully saturated rings. The Morgan fingerprint density at radius 1 is 1.33 bits per heavy atom. The van der Waals surface area contributed by atoms with Gasteiger partial charge in [0.1, 0.15) is 0 Å². The standard InChI is InChI=1S/C15H23N5O/c1-2-20-8-7-11(10-20)9-16-15(21)17-14-6-5-13(18-19-14)12-3-4-12/h5-6,11-12H,2-4,7-10H2,1H3,(H2,16,17,19,21). The van der Waals surface area contributed by atoms with Crippen LogP contribution in [0.15, 0.2) is 12.1 Å². The third kappa shape index (κ3) is 3.91. The van der Waals surface area contributed by atoms with Crippen LogP contribution in [-0.4, -0.2) is 47.3 Å². The number of rotatable bonds is 5. The van der Waals surface area contributed by atoms with Crippen LogP contribution in [0.1, 0.15) is 37.8 Å². The molecule has 1 aliphatic heterocycles. The molecule has 2 amide bonds. The highest BCUT2D eigenvalue weighted by Crippen LogP contribution is 2.38. The molecule has 1 atom stereocenters. The van der Waals surface area contributed by atoms with Crippen LogP contribution >= 0.6 is 0 Å². The summed E-state index contributed by atoms with van der Waals surface area (Å²) < 4.78 is 0. The van der Waals surface area contributed by atoms with Gasteiger partial charge in [0.25, 0.3) is 0 Å². The fourth-order valence-corrected chi connectivity index (χ4v) is 2.77. The van der Waals surface area contributed by atoms with E-state index in [1.807, 2.05) is 12.1 Å². The van der Waals surface area contributed by atoms with Crippen LogP contribution in [0.3, 0.4) is 0 Å². The quantitative estimate of drug-likeness (QED) is 0.867. The van der Waals surface area contributed by atoms with Gasteiger partial charge in [-0.25, -0.2) is 4.79 Å². The second-order valence-electron chi connectivity index (χ2n) is 6.00. The molecule has 0 radical (unpaired) electrons. The molecular formula is C15H23N5O. The number of anilines is 1. The molecule has 0 bridgehead atoms. The number of nitrogens with one attached hydrogen (secondary N) is 2. The Morgan fingerprint density at radius 2 is 2.19 bits per heavy atom. The SMILES string of the molecule is CCN1CCC(CNC(=O)Nc2ccc(C3CC3)nn2)C1. The van der Waals surface area contributed by atoms with Crippen LogP contribution < -0.4 is 10.6 Å². The monoisotopic (exact) mass is 289 g/mol. The van der Waals surface area contributed by atoms with Crippen LogP contribution in [-0.2, 0) is 0 Å². The number of aromatic nitrogens is 2. The van der Waals surface area contributed by atoms with Crippen LogP contribution in [0.25, 0.3) is 0 Å². The van der Waals surface area contributed by atoms with Crippen molar-refractivity contribution in [3.05, 3.63) is 17.8 Å². The number of likely N-dealkylation sites (tertiary alicyclic amines) is 1. The Bertz CT molecular complexity index is 485. The van der Waals surface area contributed by atoms with Gasteiger partial charge in [0.05, 0.1) is 5.69 Å². The number of hydrogen-bond acceptors (Lipinski definition) is 4. The average molecular weight is 289 g/mol. The van der Waals surface area contributed by atoms with E-state index in [4.69, 9.17) is 0 Å². The van der Waals surface area contributed by atoms with Crippen LogP contribution in [0.2, 0.25) is 0 Å². The zero-order valence-electron chi connectivity index (χ0n) is 12.5. The summed E-state index contributed by atoms with van der Waals surface area (Å²) in [7, 11) is 0. The molecule has 3 rings (SSSR count). The lowest BCUT2D eigenvalue weighted by Crippen LogP contribution is -2.34. The van der Waals surface area contributed by atoms with Crippen LogP contribution in [0.4, 0.5) is 10.6 Å². The number of hydrogen-bond donors (Lipinski definition) is 2. The summed E-state index contributed by atoms with van der Waals surface area (Å²) in [6.45, 7) is 6.19. The molecule has 21 heavy (non-hydrogen) atoms. The molecule has 1 aromatic heterocycles. The molecule has 2 heterocycles. The lowest BCUT2D eigenvalue weighted by Gasteiger charge is -2.14. The maximum Gasteiger partial charge on any atom is 0.320 e. The zero-order valence-corrected chi connectivity index (χ0v) is 12.5. The minimum absolute atomic E-state index is 0.196. The first-order valence-corrected chi connectivity index (χ1v) is 7.85. The average Bonchev–Trinajstić information content (AvgIpc) is 3.25. The summed E-state index contributed by atoms with van der Waals surface area (Å²) >= 11 is 0. The summed E-state index contributed by atoms with van der Waals surface area (Å²) in [5.41, 5.74) is 1.03. The Labute approximate surface area is 125 Å². The van der Waals surface area contributed by atoms with Crippen molar-refractivity contribution in [3.8, 4) is 0 Å². The molecule has 1 aromatic rings. The second-order valence-corrected chi connectivity index (χ2v) is 6.00. The Morgan fingerprint density at radius 3 is 2.81 bits per heavy atom. The minimum Gasteiger partial charge on any atom is -0.338 e. The van der Waals surface area contributed by atoms with Gasteiger partial charge in [0.2, 0.25) is 0 Å². The second kappa shape index (κ2) is 6.39. The maximum absolute atomic E-state index is 11.8. The van der Waals surface area contributed by atoms with Gasteiger partial charge >= 0.3 is 6.03 Å². The highest BCUT2D eigenvalue weighted by Gasteiger charge is 2.25. The fourth-order valence-electron chi connectivity index (χ4n) is 2.77. The first kappa shape index (κ1) is 14.3. The van der Waals surface area contributed by atoms with Gasteiger partial charge in [-0.2, -0.15) is 5.10 Å². The highest BCUT2D eigenvalue weighted by molar-refractivity contribution is 5.88. The van der Waals surface area contributed by atoms with E-state index in [9.17, 15) is 4.79 Å². The molecule has 1 aliphatic carbocycles. The minimum atomic E-state index is -0.196. The first-order chi connectivity index (χ1) is 10.2. The molecule has 1 saturated carbocycles. The topological polar surface area (TPSA) is 70.2 Å². The van der Waals surface area contributed by atoms with Crippen molar-refractivity contribution in [1.29, 1.82) is 0 Å². The molecule has 1 unspecified atom stereocenters. The molecule has 0 spiro atoms. The lowest BCUT2D eigenvalue weighted by molar-refractivity contribution is 0.249. The third-order valence-electron chi connectivity index (χ3n) is 4.29. The van der Waals surface area contributed by atoms with Crippen molar-refractivity contribution >= 4 is 11.8 Å². The molecule has 6 heteroatoms. The van der Waals surface area contributed by atoms with Gasteiger partial charge in [-0.1, -0.05) is 6.92 Å². The van der Waals surface area contributed by atoms with Gasteiger partial charge in [0.15, 0.2) is 5.82 Å². The van der Waals surface area contributed by atoms with E-state index >= 15 is 0 Å². The number of nitrogens with zero attached hydrogens (tertiary/aromatic N) is 3. The van der Waals surface area contributed by atoms with Gasteiger partial charge < -0.3 is 10.2 Å². The predicted octanol–water partition coefficient (Wildman–Crippen LogP) is 1.82. The van der Waals surface area contributed by atoms with Crippen molar-refractivity contribution in [1.82, 2.24) is 20.4 Å². The van der Waals surface area contributed by atoms with E-state index in [2.05, 4.69) is 32.7 Å².